The van der Waals surface area contributed by atoms with Gasteiger partial charge in [-0.15, -0.1) is 0 Å². The molecule has 2 aliphatic rings. The Hall–Kier alpha value is -1.68. The smallest absolute Gasteiger partial charge is 0.166 e. The molecule has 2 atom stereocenters. The van der Waals surface area contributed by atoms with Crippen LogP contribution in [0.5, 0.6) is 0 Å². The molecule has 21 heavy (non-hydrogen) atoms. The fourth-order valence-electron chi connectivity index (χ4n) is 4.16. The van der Waals surface area contributed by atoms with Gasteiger partial charge >= 0.3 is 0 Å². The first-order chi connectivity index (χ1) is 10.1. The van der Waals surface area contributed by atoms with Gasteiger partial charge in [0.05, 0.1) is 11.7 Å². The quantitative estimate of drug-likeness (QED) is 0.795. The fourth-order valence-corrected chi connectivity index (χ4v) is 4.16. The maximum Gasteiger partial charge on any atom is 0.166 e. The van der Waals surface area contributed by atoms with E-state index in [1.54, 1.807) is 0 Å². The highest BCUT2D eigenvalue weighted by Crippen LogP contribution is 2.38. The van der Waals surface area contributed by atoms with Crippen molar-refractivity contribution in [1.29, 1.82) is 0 Å². The first-order valence-electron chi connectivity index (χ1n) is 7.81. The number of nitrogens with zero attached hydrogens (tertiary/aromatic N) is 3. The number of aromatic nitrogens is 2. The van der Waals surface area contributed by atoms with Crippen molar-refractivity contribution in [3.05, 3.63) is 30.0 Å². The van der Waals surface area contributed by atoms with Crippen molar-refractivity contribution in [2.75, 3.05) is 7.05 Å². The van der Waals surface area contributed by atoms with Gasteiger partial charge in [0.1, 0.15) is 0 Å². The van der Waals surface area contributed by atoms with Gasteiger partial charge in [-0.25, -0.2) is 0 Å². The Balaban J connectivity index is 1.63. The number of ketones is 1. The van der Waals surface area contributed by atoms with E-state index >= 15 is 0 Å². The second kappa shape index (κ2) is 4.67. The molecule has 2 aromatic rings. The highest BCUT2D eigenvalue weighted by atomic mass is 16.1. The predicted molar refractivity (Wildman–Crippen MR) is 82.3 cm³/mol. The van der Waals surface area contributed by atoms with E-state index in [0.29, 0.717) is 17.9 Å². The van der Waals surface area contributed by atoms with Crippen LogP contribution in [0.2, 0.25) is 0 Å². The number of hydrogen-bond acceptors (Lipinski definition) is 3. The molecule has 4 nitrogen and oxygen atoms in total. The third kappa shape index (κ3) is 2.01. The molecule has 2 aliphatic heterocycles. The summed E-state index contributed by atoms with van der Waals surface area (Å²) in [6, 6.07) is 7.20. The van der Waals surface area contributed by atoms with Crippen LogP contribution in [0.1, 0.15) is 36.0 Å². The van der Waals surface area contributed by atoms with Crippen LogP contribution in [0.4, 0.5) is 0 Å². The number of Topliss-reactive ketones (excluding diaryl/α,β-unsaturated/α-hetero) is 1. The third-order valence-electron chi connectivity index (χ3n) is 5.50. The van der Waals surface area contributed by atoms with Crippen molar-refractivity contribution in [3.63, 3.8) is 0 Å². The van der Waals surface area contributed by atoms with Crippen LogP contribution in [0.15, 0.2) is 24.4 Å². The van der Waals surface area contributed by atoms with Gasteiger partial charge in [-0.05, 0) is 38.8 Å². The van der Waals surface area contributed by atoms with Crippen molar-refractivity contribution in [3.8, 4) is 0 Å². The van der Waals surface area contributed by atoms with Crippen LogP contribution >= 0.6 is 0 Å². The average molecular weight is 283 g/mol. The van der Waals surface area contributed by atoms with Crippen LogP contribution in [-0.2, 0) is 7.05 Å². The van der Waals surface area contributed by atoms with Crippen LogP contribution < -0.4 is 0 Å². The Morgan fingerprint density at radius 1 is 1.19 bits per heavy atom. The lowest BCUT2D eigenvalue weighted by Gasteiger charge is -2.35. The topological polar surface area (TPSA) is 38.1 Å². The summed E-state index contributed by atoms with van der Waals surface area (Å²) in [5, 5.41) is 5.35. The lowest BCUT2D eigenvalue weighted by molar-refractivity contribution is 0.0767. The molecule has 0 spiro atoms. The molecule has 2 fully saturated rings. The molecule has 1 aromatic carbocycles. The van der Waals surface area contributed by atoms with E-state index in [9.17, 15) is 4.79 Å². The van der Waals surface area contributed by atoms with E-state index in [1.165, 1.54) is 12.8 Å². The molecule has 0 amide bonds. The SMILES string of the molecule is CN1C2CCC1CC(C(=O)c1ccc3cnn(C)c3c1)C2. The van der Waals surface area contributed by atoms with E-state index in [2.05, 4.69) is 17.0 Å². The number of carbonyl (C=O) groups excluding carboxylic acids is 1. The Bertz CT molecular complexity index is 691. The highest BCUT2D eigenvalue weighted by molar-refractivity contribution is 6.00. The van der Waals surface area contributed by atoms with Gasteiger partial charge in [0.2, 0.25) is 0 Å². The molecular weight excluding hydrogens is 262 g/mol. The van der Waals surface area contributed by atoms with Crippen molar-refractivity contribution < 1.29 is 4.79 Å². The van der Waals surface area contributed by atoms with Crippen molar-refractivity contribution in [2.24, 2.45) is 13.0 Å². The van der Waals surface area contributed by atoms with Gasteiger partial charge < -0.3 is 4.90 Å². The maximum atomic E-state index is 12.9. The van der Waals surface area contributed by atoms with Crippen LogP contribution in [0, 0.1) is 5.92 Å². The number of fused-ring (bicyclic) bond motifs is 3. The molecule has 0 radical (unpaired) electrons. The summed E-state index contributed by atoms with van der Waals surface area (Å²) >= 11 is 0. The molecule has 4 rings (SSSR count). The number of aryl methyl sites for hydroxylation is 1. The highest BCUT2D eigenvalue weighted by Gasteiger charge is 2.40. The van der Waals surface area contributed by atoms with Crippen LogP contribution in [0.3, 0.4) is 0 Å². The van der Waals surface area contributed by atoms with Gasteiger partial charge in [0.15, 0.2) is 5.78 Å². The fraction of sp³-hybridized carbons (Fsp3) is 0.529. The minimum atomic E-state index is 0.198. The van der Waals surface area contributed by atoms with Crippen molar-refractivity contribution in [1.82, 2.24) is 14.7 Å². The summed E-state index contributed by atoms with van der Waals surface area (Å²) in [5.41, 5.74) is 1.89. The van der Waals surface area contributed by atoms with Crippen LogP contribution in [0.25, 0.3) is 10.9 Å². The lowest BCUT2D eigenvalue weighted by atomic mass is 9.85. The molecule has 2 saturated heterocycles. The largest absolute Gasteiger partial charge is 0.300 e. The van der Waals surface area contributed by atoms with Crippen molar-refractivity contribution >= 4 is 16.7 Å². The maximum absolute atomic E-state index is 12.9. The predicted octanol–water partition coefficient (Wildman–Crippen LogP) is 2.63. The van der Waals surface area contributed by atoms with E-state index in [0.717, 1.165) is 29.3 Å². The zero-order valence-electron chi connectivity index (χ0n) is 12.6. The zero-order chi connectivity index (χ0) is 14.6. The molecule has 3 heterocycles. The molecule has 0 aliphatic carbocycles. The Morgan fingerprint density at radius 3 is 2.62 bits per heavy atom. The van der Waals surface area contributed by atoms with E-state index in [-0.39, 0.29) is 5.92 Å². The summed E-state index contributed by atoms with van der Waals surface area (Å²) in [6.45, 7) is 0. The minimum Gasteiger partial charge on any atom is -0.300 e. The Morgan fingerprint density at radius 2 is 1.90 bits per heavy atom. The Kier molecular flexibility index (Phi) is 2.89. The van der Waals surface area contributed by atoms with Gasteiger partial charge in [-0.1, -0.05) is 12.1 Å². The third-order valence-corrected chi connectivity index (χ3v) is 5.50. The summed E-state index contributed by atoms with van der Waals surface area (Å²) in [4.78, 5) is 15.3. The number of benzene rings is 1. The molecule has 0 saturated carbocycles. The first kappa shape index (κ1) is 13.0. The summed E-state index contributed by atoms with van der Waals surface area (Å²) in [7, 11) is 4.14. The van der Waals surface area contributed by atoms with Gasteiger partial charge in [0.25, 0.3) is 0 Å². The number of rotatable bonds is 2. The average Bonchev–Trinajstić information content (AvgIpc) is 2.94. The number of piperidine rings is 1. The van der Waals surface area contributed by atoms with Gasteiger partial charge in [-0.2, -0.15) is 5.10 Å². The van der Waals surface area contributed by atoms with Crippen LogP contribution in [-0.4, -0.2) is 39.6 Å². The summed E-state index contributed by atoms with van der Waals surface area (Å²) < 4.78 is 1.84. The van der Waals surface area contributed by atoms with Crippen molar-refractivity contribution in [2.45, 2.75) is 37.8 Å². The zero-order valence-corrected chi connectivity index (χ0v) is 12.6. The molecule has 2 unspecified atom stereocenters. The number of hydrogen-bond donors (Lipinski definition) is 0. The van der Waals surface area contributed by atoms with E-state index in [4.69, 9.17) is 0 Å². The molecular formula is C17H21N3O. The minimum absolute atomic E-state index is 0.198. The number of carbonyl (C=O) groups is 1. The normalized spacial score (nSPS) is 29.1. The molecule has 4 heteroatoms. The second-order valence-electron chi connectivity index (χ2n) is 6.62. The monoisotopic (exact) mass is 283 g/mol. The summed E-state index contributed by atoms with van der Waals surface area (Å²) in [5.74, 6) is 0.521. The Labute approximate surface area is 124 Å². The second-order valence-corrected chi connectivity index (χ2v) is 6.62. The molecule has 1 aromatic heterocycles. The molecule has 2 bridgehead atoms. The molecule has 0 N–H and O–H groups in total. The van der Waals surface area contributed by atoms with Gasteiger partial charge in [-0.3, -0.25) is 9.48 Å². The standard InChI is InChI=1S/C17H21N3O/c1-19-14-5-6-15(19)8-13(7-14)17(21)11-3-4-12-10-18-20(2)16(12)9-11/h3-4,9-10,13-15H,5-8H2,1-2H3. The summed E-state index contributed by atoms with van der Waals surface area (Å²) in [6.07, 6.45) is 6.40. The van der Waals surface area contributed by atoms with Gasteiger partial charge in [0, 0.05) is 36.0 Å². The first-order valence-corrected chi connectivity index (χ1v) is 7.81. The lowest BCUT2D eigenvalue weighted by Crippen LogP contribution is -2.42. The van der Waals surface area contributed by atoms with E-state index in [1.807, 2.05) is 36.1 Å². The molecule has 110 valence electrons. The van der Waals surface area contributed by atoms with E-state index < -0.39 is 0 Å².